The lowest BCUT2D eigenvalue weighted by Crippen LogP contribution is -2.45. The minimum absolute atomic E-state index is 0.143. The third kappa shape index (κ3) is 6.93. The van der Waals surface area contributed by atoms with E-state index >= 15 is 0 Å². The number of carbonyl (C=O) groups excluding carboxylic acids is 2. The Kier molecular flexibility index (Phi) is 6.52. The molecule has 25 heavy (non-hydrogen) atoms. The van der Waals surface area contributed by atoms with E-state index in [2.05, 4.69) is 10.3 Å². The van der Waals surface area contributed by atoms with E-state index in [9.17, 15) is 9.59 Å². The molecule has 0 bridgehead atoms. The molecule has 0 aliphatic carbocycles. The molecule has 2 rings (SSSR count). The van der Waals surface area contributed by atoms with Gasteiger partial charge in [0.15, 0.2) is 0 Å². The van der Waals surface area contributed by atoms with E-state index in [0.717, 1.165) is 10.6 Å². The zero-order valence-corrected chi connectivity index (χ0v) is 15.3. The largest absolute Gasteiger partial charge is 0.459 e. The summed E-state index contributed by atoms with van der Waals surface area (Å²) in [6, 6.07) is 8.50. The summed E-state index contributed by atoms with van der Waals surface area (Å²) in [4.78, 5) is 28.6. The monoisotopic (exact) mass is 362 g/mol. The maximum Gasteiger partial charge on any atom is 0.408 e. The van der Waals surface area contributed by atoms with Gasteiger partial charge in [-0.15, -0.1) is 11.3 Å². The SMILES string of the molecule is CC(C)(C)OC(=O)NC(Cc1nccs1)C(=O)OCc1ccccc1. The topological polar surface area (TPSA) is 77.5 Å². The Morgan fingerprint density at radius 2 is 1.96 bits per heavy atom. The van der Waals surface area contributed by atoms with Crippen LogP contribution >= 0.6 is 11.3 Å². The highest BCUT2D eigenvalue weighted by atomic mass is 32.1. The molecule has 0 radical (unpaired) electrons. The molecule has 134 valence electrons. The number of hydrogen-bond donors (Lipinski definition) is 1. The number of hydrogen-bond acceptors (Lipinski definition) is 6. The van der Waals surface area contributed by atoms with Crippen molar-refractivity contribution < 1.29 is 19.1 Å². The molecule has 2 aromatic rings. The van der Waals surface area contributed by atoms with Gasteiger partial charge < -0.3 is 14.8 Å². The quantitative estimate of drug-likeness (QED) is 0.798. The lowest BCUT2D eigenvalue weighted by molar-refractivity contribution is -0.147. The fourth-order valence-corrected chi connectivity index (χ4v) is 2.66. The van der Waals surface area contributed by atoms with Crippen molar-refractivity contribution >= 4 is 23.4 Å². The standard InChI is InChI=1S/C18H22N2O4S/c1-18(2,3)24-17(22)20-14(11-15-19-9-10-25-15)16(21)23-12-13-7-5-4-6-8-13/h4-10,14H,11-12H2,1-3H3,(H,20,22). The molecule has 0 spiro atoms. The number of esters is 1. The van der Waals surface area contributed by atoms with Crippen LogP contribution in [0.15, 0.2) is 41.9 Å². The van der Waals surface area contributed by atoms with Crippen LogP contribution in [0.3, 0.4) is 0 Å². The summed E-state index contributed by atoms with van der Waals surface area (Å²) in [6.45, 7) is 5.42. The van der Waals surface area contributed by atoms with Crippen molar-refractivity contribution in [1.29, 1.82) is 0 Å². The van der Waals surface area contributed by atoms with Crippen LogP contribution in [0.1, 0.15) is 31.3 Å². The first kappa shape index (κ1) is 18.9. The van der Waals surface area contributed by atoms with Crippen LogP contribution in [-0.2, 0) is 27.3 Å². The zero-order valence-electron chi connectivity index (χ0n) is 14.5. The molecular weight excluding hydrogens is 340 g/mol. The average molecular weight is 362 g/mol. The van der Waals surface area contributed by atoms with Crippen LogP contribution in [0.25, 0.3) is 0 Å². The maximum absolute atomic E-state index is 12.4. The number of thiazole rings is 1. The second kappa shape index (κ2) is 8.62. The second-order valence-electron chi connectivity index (χ2n) is 6.42. The van der Waals surface area contributed by atoms with Crippen molar-refractivity contribution in [2.24, 2.45) is 0 Å². The highest BCUT2D eigenvalue weighted by Crippen LogP contribution is 2.12. The predicted octanol–water partition coefficient (Wildman–Crippen LogP) is 3.32. The third-order valence-corrected chi connectivity index (χ3v) is 3.86. The summed E-state index contributed by atoms with van der Waals surface area (Å²) in [6.07, 6.45) is 1.25. The molecule has 0 saturated heterocycles. The first-order chi connectivity index (χ1) is 11.8. The van der Waals surface area contributed by atoms with Crippen molar-refractivity contribution in [3.8, 4) is 0 Å². The Morgan fingerprint density at radius 3 is 2.56 bits per heavy atom. The van der Waals surface area contributed by atoms with E-state index < -0.39 is 23.7 Å². The minimum Gasteiger partial charge on any atom is -0.459 e. The molecule has 1 N–H and O–H groups in total. The van der Waals surface area contributed by atoms with Gasteiger partial charge in [-0.3, -0.25) is 0 Å². The summed E-state index contributed by atoms with van der Waals surface area (Å²) in [5.41, 5.74) is 0.227. The fraction of sp³-hybridized carbons (Fsp3) is 0.389. The summed E-state index contributed by atoms with van der Waals surface area (Å²) in [5.74, 6) is -0.523. The Balaban J connectivity index is 1.99. The number of rotatable bonds is 6. The highest BCUT2D eigenvalue weighted by molar-refractivity contribution is 7.09. The molecule has 1 aromatic carbocycles. The molecule has 1 unspecified atom stereocenters. The first-order valence-corrected chi connectivity index (χ1v) is 8.80. The average Bonchev–Trinajstić information content (AvgIpc) is 3.04. The summed E-state index contributed by atoms with van der Waals surface area (Å²) >= 11 is 1.41. The molecule has 0 saturated carbocycles. The Labute approximate surface area is 151 Å². The summed E-state index contributed by atoms with van der Waals surface area (Å²) < 4.78 is 10.6. The van der Waals surface area contributed by atoms with Gasteiger partial charge in [0.2, 0.25) is 0 Å². The van der Waals surface area contributed by atoms with Crippen LogP contribution in [-0.4, -0.2) is 28.7 Å². The van der Waals surface area contributed by atoms with Gasteiger partial charge in [-0.25, -0.2) is 14.6 Å². The fourth-order valence-electron chi connectivity index (χ4n) is 2.00. The minimum atomic E-state index is -0.857. The molecule has 0 aliphatic heterocycles. The normalized spacial score (nSPS) is 12.3. The Hall–Kier alpha value is -2.41. The van der Waals surface area contributed by atoms with E-state index in [1.165, 1.54) is 11.3 Å². The maximum atomic E-state index is 12.4. The van der Waals surface area contributed by atoms with Crippen LogP contribution in [0, 0.1) is 0 Å². The number of nitrogens with one attached hydrogen (secondary N) is 1. The van der Waals surface area contributed by atoms with Crippen LogP contribution < -0.4 is 5.32 Å². The van der Waals surface area contributed by atoms with Crippen molar-refractivity contribution in [1.82, 2.24) is 10.3 Å². The van der Waals surface area contributed by atoms with Gasteiger partial charge in [0, 0.05) is 18.0 Å². The third-order valence-electron chi connectivity index (χ3n) is 3.06. The lowest BCUT2D eigenvalue weighted by Gasteiger charge is -2.22. The van der Waals surface area contributed by atoms with E-state index in [-0.39, 0.29) is 13.0 Å². The number of amides is 1. The van der Waals surface area contributed by atoms with Crippen LogP contribution in [0.4, 0.5) is 4.79 Å². The number of benzene rings is 1. The Morgan fingerprint density at radius 1 is 1.24 bits per heavy atom. The second-order valence-corrected chi connectivity index (χ2v) is 7.40. The summed E-state index contributed by atoms with van der Waals surface area (Å²) in [7, 11) is 0. The molecule has 1 heterocycles. The number of nitrogens with zero attached hydrogens (tertiary/aromatic N) is 1. The Bertz CT molecular complexity index is 681. The van der Waals surface area contributed by atoms with Gasteiger partial charge in [0.05, 0.1) is 5.01 Å². The van der Waals surface area contributed by atoms with E-state index in [1.807, 2.05) is 35.7 Å². The molecule has 1 aromatic heterocycles. The summed E-state index contributed by atoms with van der Waals surface area (Å²) in [5, 5.41) is 5.13. The number of ether oxygens (including phenoxy) is 2. The molecule has 7 heteroatoms. The van der Waals surface area contributed by atoms with E-state index in [1.54, 1.807) is 27.0 Å². The van der Waals surface area contributed by atoms with E-state index in [0.29, 0.717) is 0 Å². The van der Waals surface area contributed by atoms with Gasteiger partial charge in [-0.05, 0) is 26.3 Å². The van der Waals surface area contributed by atoms with Gasteiger partial charge in [-0.1, -0.05) is 30.3 Å². The zero-order chi connectivity index (χ0) is 18.3. The number of carbonyl (C=O) groups is 2. The molecule has 0 fully saturated rings. The van der Waals surface area contributed by atoms with Crippen molar-refractivity contribution in [2.75, 3.05) is 0 Å². The van der Waals surface area contributed by atoms with Crippen LogP contribution in [0.2, 0.25) is 0 Å². The van der Waals surface area contributed by atoms with Gasteiger partial charge in [0.1, 0.15) is 18.2 Å². The van der Waals surface area contributed by atoms with Gasteiger partial charge in [-0.2, -0.15) is 0 Å². The number of alkyl carbamates (subject to hydrolysis) is 1. The lowest BCUT2D eigenvalue weighted by atomic mass is 10.2. The molecule has 1 amide bonds. The van der Waals surface area contributed by atoms with Crippen molar-refractivity contribution in [2.45, 2.75) is 45.4 Å². The highest BCUT2D eigenvalue weighted by Gasteiger charge is 2.26. The first-order valence-electron chi connectivity index (χ1n) is 7.92. The van der Waals surface area contributed by atoms with Crippen LogP contribution in [0.5, 0.6) is 0 Å². The van der Waals surface area contributed by atoms with Gasteiger partial charge in [0.25, 0.3) is 0 Å². The smallest absolute Gasteiger partial charge is 0.408 e. The predicted molar refractivity (Wildman–Crippen MR) is 95.2 cm³/mol. The molecule has 0 aliphatic rings. The van der Waals surface area contributed by atoms with Crippen molar-refractivity contribution in [3.63, 3.8) is 0 Å². The molecule has 6 nitrogen and oxygen atoms in total. The van der Waals surface area contributed by atoms with E-state index in [4.69, 9.17) is 9.47 Å². The van der Waals surface area contributed by atoms with Crippen molar-refractivity contribution in [3.05, 3.63) is 52.5 Å². The molecular formula is C18H22N2O4S. The van der Waals surface area contributed by atoms with Gasteiger partial charge >= 0.3 is 12.1 Å². The number of aromatic nitrogens is 1. The molecule has 1 atom stereocenters.